The van der Waals surface area contributed by atoms with Gasteiger partial charge in [-0.25, -0.2) is 0 Å². The Labute approximate surface area is 186 Å². The number of guanidine groups is 1. The van der Waals surface area contributed by atoms with E-state index >= 15 is 0 Å². The molecular weight excluding hydrogens is 469 g/mol. The van der Waals surface area contributed by atoms with Crippen molar-refractivity contribution in [3.05, 3.63) is 35.4 Å². The minimum Gasteiger partial charge on any atom is -0.381 e. The number of hydrogen-bond acceptors (Lipinski definition) is 4. The molecule has 0 spiro atoms. The van der Waals surface area contributed by atoms with Crippen LogP contribution in [0.4, 0.5) is 0 Å². The summed E-state index contributed by atoms with van der Waals surface area (Å²) in [5.41, 5.74) is 2.46. The van der Waals surface area contributed by atoms with Crippen LogP contribution in [0.15, 0.2) is 29.3 Å². The highest BCUT2D eigenvalue weighted by atomic mass is 127. The number of nitrogens with one attached hydrogen (secondary N) is 1. The highest BCUT2D eigenvalue weighted by molar-refractivity contribution is 14.0. The van der Waals surface area contributed by atoms with Crippen LogP contribution < -0.4 is 5.32 Å². The minimum atomic E-state index is 0. The van der Waals surface area contributed by atoms with Crippen molar-refractivity contribution in [3.8, 4) is 0 Å². The van der Waals surface area contributed by atoms with E-state index in [0.717, 1.165) is 64.7 Å². The second-order valence-electron chi connectivity index (χ2n) is 7.45. The van der Waals surface area contributed by atoms with Crippen molar-refractivity contribution in [2.75, 3.05) is 47.1 Å². The Morgan fingerprint density at radius 1 is 1.11 bits per heavy atom. The Hall–Kier alpha value is -0.900. The van der Waals surface area contributed by atoms with Gasteiger partial charge in [-0.3, -0.25) is 4.99 Å². The molecule has 28 heavy (non-hydrogen) atoms. The molecule has 158 valence electrons. The standard InChI is InChI=1S/C21H33N3O3.HI/c1-22-21(24(2)14-19-7-10-26-15-19)23-13-17-3-5-18(6-4-17)16-27-20-8-11-25-12-9-20;/h3-6,19-20H,7-16H2,1-2H3,(H,22,23);1H. The van der Waals surface area contributed by atoms with Crippen molar-refractivity contribution in [3.63, 3.8) is 0 Å². The molecule has 1 aromatic rings. The molecule has 2 aliphatic rings. The summed E-state index contributed by atoms with van der Waals surface area (Å²) in [6.45, 7) is 5.79. The Bertz CT molecular complexity index is 585. The van der Waals surface area contributed by atoms with E-state index < -0.39 is 0 Å². The van der Waals surface area contributed by atoms with Crippen LogP contribution in [0.25, 0.3) is 0 Å². The number of rotatable bonds is 7. The van der Waals surface area contributed by atoms with Crippen molar-refractivity contribution in [1.29, 1.82) is 0 Å². The zero-order chi connectivity index (χ0) is 18.9. The first-order chi connectivity index (χ1) is 13.2. The van der Waals surface area contributed by atoms with Gasteiger partial charge >= 0.3 is 0 Å². The second kappa shape index (κ2) is 12.6. The van der Waals surface area contributed by atoms with Gasteiger partial charge in [0.25, 0.3) is 0 Å². The molecule has 0 bridgehead atoms. The molecule has 1 aromatic carbocycles. The fraction of sp³-hybridized carbons (Fsp3) is 0.667. The van der Waals surface area contributed by atoms with Gasteiger partial charge in [-0.05, 0) is 30.4 Å². The van der Waals surface area contributed by atoms with Gasteiger partial charge in [0.15, 0.2) is 5.96 Å². The lowest BCUT2D eigenvalue weighted by molar-refractivity contribution is -0.0390. The van der Waals surface area contributed by atoms with Crippen LogP contribution in [-0.2, 0) is 27.4 Å². The summed E-state index contributed by atoms with van der Waals surface area (Å²) in [6, 6.07) is 8.62. The van der Waals surface area contributed by atoms with E-state index in [9.17, 15) is 0 Å². The van der Waals surface area contributed by atoms with Crippen molar-refractivity contribution in [2.45, 2.75) is 38.5 Å². The van der Waals surface area contributed by atoms with E-state index in [0.29, 0.717) is 18.6 Å². The first kappa shape index (κ1) is 23.4. The molecule has 1 N–H and O–H groups in total. The summed E-state index contributed by atoms with van der Waals surface area (Å²) in [6.07, 6.45) is 3.48. The maximum Gasteiger partial charge on any atom is 0.193 e. The van der Waals surface area contributed by atoms with Crippen LogP contribution in [0.2, 0.25) is 0 Å². The molecule has 0 saturated carbocycles. The highest BCUT2D eigenvalue weighted by Crippen LogP contribution is 2.15. The molecule has 6 nitrogen and oxygen atoms in total. The lowest BCUT2D eigenvalue weighted by Gasteiger charge is -2.24. The molecular formula is C21H34IN3O3. The maximum atomic E-state index is 5.99. The molecule has 7 heteroatoms. The average Bonchev–Trinajstić information content (AvgIpc) is 3.21. The first-order valence-electron chi connectivity index (χ1n) is 10.0. The summed E-state index contributed by atoms with van der Waals surface area (Å²) >= 11 is 0. The molecule has 1 atom stereocenters. The summed E-state index contributed by atoms with van der Waals surface area (Å²) in [7, 11) is 3.92. The number of nitrogens with zero attached hydrogens (tertiary/aromatic N) is 2. The zero-order valence-corrected chi connectivity index (χ0v) is 19.4. The van der Waals surface area contributed by atoms with Gasteiger partial charge in [-0.2, -0.15) is 0 Å². The van der Waals surface area contributed by atoms with E-state index in [-0.39, 0.29) is 24.0 Å². The summed E-state index contributed by atoms with van der Waals surface area (Å²) in [5, 5.41) is 3.45. The normalized spacial score (nSPS) is 20.6. The van der Waals surface area contributed by atoms with E-state index in [4.69, 9.17) is 14.2 Å². The topological polar surface area (TPSA) is 55.3 Å². The number of benzene rings is 1. The Kier molecular flexibility index (Phi) is 10.5. The maximum absolute atomic E-state index is 5.99. The zero-order valence-electron chi connectivity index (χ0n) is 17.1. The van der Waals surface area contributed by atoms with E-state index in [1.54, 1.807) is 0 Å². The van der Waals surface area contributed by atoms with Crippen LogP contribution in [0.1, 0.15) is 30.4 Å². The van der Waals surface area contributed by atoms with Crippen LogP contribution in [-0.4, -0.2) is 64.0 Å². The van der Waals surface area contributed by atoms with E-state index in [1.165, 1.54) is 11.1 Å². The lowest BCUT2D eigenvalue weighted by Crippen LogP contribution is -2.41. The number of aliphatic imine (C=N–C) groups is 1. The number of hydrogen-bond donors (Lipinski definition) is 1. The quantitative estimate of drug-likeness (QED) is 0.352. The fourth-order valence-electron chi connectivity index (χ4n) is 3.58. The van der Waals surface area contributed by atoms with Gasteiger partial charge < -0.3 is 24.4 Å². The van der Waals surface area contributed by atoms with Gasteiger partial charge in [0.05, 0.1) is 19.3 Å². The van der Waals surface area contributed by atoms with Crippen LogP contribution in [0.5, 0.6) is 0 Å². The van der Waals surface area contributed by atoms with Gasteiger partial charge in [-0.1, -0.05) is 24.3 Å². The molecule has 1 unspecified atom stereocenters. The van der Waals surface area contributed by atoms with Crippen molar-refractivity contribution < 1.29 is 14.2 Å². The van der Waals surface area contributed by atoms with Gasteiger partial charge in [0, 0.05) is 52.9 Å². The van der Waals surface area contributed by atoms with Gasteiger partial charge in [0.2, 0.25) is 0 Å². The monoisotopic (exact) mass is 503 g/mol. The molecule has 2 saturated heterocycles. The Morgan fingerprint density at radius 2 is 1.79 bits per heavy atom. The van der Waals surface area contributed by atoms with Crippen molar-refractivity contribution in [2.24, 2.45) is 10.9 Å². The summed E-state index contributed by atoms with van der Waals surface area (Å²) < 4.78 is 16.8. The third kappa shape index (κ3) is 7.50. The molecule has 0 aromatic heterocycles. The van der Waals surface area contributed by atoms with E-state index in [1.807, 2.05) is 7.05 Å². The van der Waals surface area contributed by atoms with Gasteiger partial charge in [-0.15, -0.1) is 24.0 Å². The Balaban J connectivity index is 0.00000280. The molecule has 2 aliphatic heterocycles. The van der Waals surface area contributed by atoms with E-state index in [2.05, 4.69) is 46.5 Å². The SMILES string of the molecule is CN=C(NCc1ccc(COC2CCOCC2)cc1)N(C)CC1CCOC1.I. The number of ether oxygens (including phenoxy) is 3. The predicted octanol–water partition coefficient (Wildman–Crippen LogP) is 3.04. The molecule has 0 radical (unpaired) electrons. The van der Waals surface area contributed by atoms with Crippen LogP contribution in [0.3, 0.4) is 0 Å². The average molecular weight is 503 g/mol. The van der Waals surface area contributed by atoms with Crippen molar-refractivity contribution in [1.82, 2.24) is 10.2 Å². The highest BCUT2D eigenvalue weighted by Gasteiger charge is 2.19. The van der Waals surface area contributed by atoms with Crippen LogP contribution >= 0.6 is 24.0 Å². The minimum absolute atomic E-state index is 0. The fourth-order valence-corrected chi connectivity index (χ4v) is 3.58. The smallest absolute Gasteiger partial charge is 0.193 e. The lowest BCUT2D eigenvalue weighted by atomic mass is 10.1. The molecule has 3 rings (SSSR count). The molecule has 0 aliphatic carbocycles. The molecule has 2 fully saturated rings. The number of halogens is 1. The third-order valence-corrected chi connectivity index (χ3v) is 5.26. The molecule has 2 heterocycles. The van der Waals surface area contributed by atoms with Crippen LogP contribution in [0, 0.1) is 5.92 Å². The predicted molar refractivity (Wildman–Crippen MR) is 122 cm³/mol. The summed E-state index contributed by atoms with van der Waals surface area (Å²) in [5.74, 6) is 1.53. The van der Waals surface area contributed by atoms with Crippen molar-refractivity contribution >= 4 is 29.9 Å². The molecule has 0 amide bonds. The first-order valence-corrected chi connectivity index (χ1v) is 10.0. The Morgan fingerprint density at radius 3 is 2.43 bits per heavy atom. The van der Waals surface area contributed by atoms with Gasteiger partial charge in [0.1, 0.15) is 0 Å². The summed E-state index contributed by atoms with van der Waals surface area (Å²) in [4.78, 5) is 6.59. The largest absolute Gasteiger partial charge is 0.381 e. The third-order valence-electron chi connectivity index (χ3n) is 5.26. The second-order valence-corrected chi connectivity index (χ2v) is 7.45.